The molecular formula is C16H20N4O3S2. The second kappa shape index (κ2) is 7.61. The molecule has 0 aliphatic carbocycles. The number of methoxy groups -OCH3 is 1. The Labute approximate surface area is 154 Å². The molecule has 0 spiro atoms. The highest BCUT2D eigenvalue weighted by Gasteiger charge is 2.37. The van der Waals surface area contributed by atoms with Gasteiger partial charge >= 0.3 is 5.97 Å². The van der Waals surface area contributed by atoms with E-state index in [2.05, 4.69) is 10.4 Å². The van der Waals surface area contributed by atoms with E-state index in [9.17, 15) is 9.90 Å². The Kier molecular flexibility index (Phi) is 5.48. The molecule has 2 heterocycles. The summed E-state index contributed by atoms with van der Waals surface area (Å²) < 4.78 is 7.08. The number of aromatic nitrogens is 2. The first-order valence-electron chi connectivity index (χ1n) is 7.88. The first kappa shape index (κ1) is 18.0. The average molecular weight is 380 g/mol. The Hall–Kier alpha value is -1.81. The van der Waals surface area contributed by atoms with E-state index < -0.39 is 12.1 Å². The fourth-order valence-electron chi connectivity index (χ4n) is 2.86. The van der Waals surface area contributed by atoms with Crippen molar-refractivity contribution in [3.8, 4) is 0 Å². The molecule has 2 N–H and O–H groups in total. The summed E-state index contributed by atoms with van der Waals surface area (Å²) in [7, 11) is 1.35. The third kappa shape index (κ3) is 4.06. The van der Waals surface area contributed by atoms with Crippen LogP contribution in [0, 0.1) is 10.9 Å². The van der Waals surface area contributed by atoms with Crippen molar-refractivity contribution >= 4 is 40.3 Å². The summed E-state index contributed by atoms with van der Waals surface area (Å²) in [6, 6.07) is 7.46. The molecule has 1 aliphatic rings. The largest absolute Gasteiger partial charge is 0.468 e. The monoisotopic (exact) mass is 380 g/mol. The fraction of sp³-hybridized carbons (Fsp3) is 0.438. The lowest BCUT2D eigenvalue weighted by atomic mass is 10.2. The van der Waals surface area contributed by atoms with Crippen molar-refractivity contribution in [2.75, 3.05) is 19.0 Å². The molecule has 9 heteroatoms. The van der Waals surface area contributed by atoms with Gasteiger partial charge in [-0.25, -0.2) is 4.68 Å². The highest BCUT2D eigenvalue weighted by atomic mass is 32.1. The number of nitrogens with zero attached hydrogens (tertiary/aromatic N) is 3. The van der Waals surface area contributed by atoms with Crippen LogP contribution in [0.2, 0.25) is 0 Å². The van der Waals surface area contributed by atoms with Crippen molar-refractivity contribution in [3.63, 3.8) is 0 Å². The number of β-amino-alcohol motifs (C(OH)–C–C–N with tert-alkyl or cyclic N) is 1. The molecule has 3 rings (SSSR count). The number of aryl methyl sites for hydroxylation is 1. The third-order valence-corrected chi connectivity index (χ3v) is 5.39. The van der Waals surface area contributed by atoms with Crippen LogP contribution >= 0.6 is 23.6 Å². The van der Waals surface area contributed by atoms with Gasteiger partial charge in [0.15, 0.2) is 3.95 Å². The maximum absolute atomic E-state index is 11.9. The van der Waals surface area contributed by atoms with E-state index in [1.54, 1.807) is 4.68 Å². The predicted octanol–water partition coefficient (Wildman–Crippen LogP) is 2.29. The van der Waals surface area contributed by atoms with Gasteiger partial charge in [-0.15, -0.1) is 5.10 Å². The van der Waals surface area contributed by atoms with Gasteiger partial charge in [0.05, 0.1) is 19.9 Å². The molecule has 1 aliphatic heterocycles. The summed E-state index contributed by atoms with van der Waals surface area (Å²) in [5.74, 6) is -0.350. The number of rotatable bonds is 5. The number of hydrogen-bond acceptors (Lipinski definition) is 8. The topological polar surface area (TPSA) is 79.6 Å². The molecule has 134 valence electrons. The first-order chi connectivity index (χ1) is 12.0. The quantitative estimate of drug-likeness (QED) is 0.608. The SMILES string of the molecule is COC(=O)[C@@H]1C[C@H](O)CN1Cn1nc(Nc2ccccc2C)sc1=S. The van der Waals surface area contributed by atoms with Gasteiger partial charge in [-0.05, 0) is 30.8 Å². The fourth-order valence-corrected chi connectivity index (χ4v) is 3.87. The molecule has 1 saturated heterocycles. The van der Waals surface area contributed by atoms with Crippen LogP contribution in [0.1, 0.15) is 12.0 Å². The van der Waals surface area contributed by atoms with Crippen LogP contribution < -0.4 is 5.32 Å². The van der Waals surface area contributed by atoms with Gasteiger partial charge in [0.25, 0.3) is 0 Å². The summed E-state index contributed by atoms with van der Waals surface area (Å²) in [4.78, 5) is 13.7. The molecule has 1 fully saturated rings. The molecule has 25 heavy (non-hydrogen) atoms. The number of para-hydroxylation sites is 1. The van der Waals surface area contributed by atoms with E-state index in [1.807, 2.05) is 36.1 Å². The van der Waals surface area contributed by atoms with E-state index in [1.165, 1.54) is 18.4 Å². The normalized spacial score (nSPS) is 20.6. The number of aliphatic hydroxyl groups is 1. The van der Waals surface area contributed by atoms with Crippen LogP contribution in [-0.4, -0.2) is 51.6 Å². The lowest BCUT2D eigenvalue weighted by molar-refractivity contribution is -0.146. The number of nitrogens with one attached hydrogen (secondary N) is 1. The lowest BCUT2D eigenvalue weighted by Gasteiger charge is -2.21. The van der Waals surface area contributed by atoms with Crippen molar-refractivity contribution in [1.82, 2.24) is 14.7 Å². The molecule has 7 nitrogen and oxygen atoms in total. The number of ether oxygens (including phenoxy) is 1. The zero-order valence-corrected chi connectivity index (χ0v) is 15.6. The zero-order valence-electron chi connectivity index (χ0n) is 14.0. The van der Waals surface area contributed by atoms with Crippen LogP contribution in [0.4, 0.5) is 10.8 Å². The molecule has 1 aromatic heterocycles. The van der Waals surface area contributed by atoms with E-state index >= 15 is 0 Å². The van der Waals surface area contributed by atoms with E-state index in [0.29, 0.717) is 28.7 Å². The standard InChI is InChI=1S/C16H20N4O3S2/c1-10-5-3-4-6-12(10)17-15-18-20(16(24)25-15)9-19-8-11(21)7-13(19)14(22)23-2/h3-6,11,13,21H,7-9H2,1-2H3,(H,17,18)/t11-,13-/m0/s1. The number of benzene rings is 1. The van der Waals surface area contributed by atoms with Gasteiger partial charge < -0.3 is 15.2 Å². The van der Waals surface area contributed by atoms with Gasteiger partial charge in [0.1, 0.15) is 6.04 Å². The molecule has 2 aromatic rings. The van der Waals surface area contributed by atoms with Crippen molar-refractivity contribution in [3.05, 3.63) is 33.8 Å². The first-order valence-corrected chi connectivity index (χ1v) is 9.11. The Morgan fingerprint density at radius 3 is 3.00 bits per heavy atom. The summed E-state index contributed by atoms with van der Waals surface area (Å²) in [6.07, 6.45) is -0.195. The summed E-state index contributed by atoms with van der Waals surface area (Å²) in [5.41, 5.74) is 2.09. The van der Waals surface area contributed by atoms with Crippen LogP contribution in [0.5, 0.6) is 0 Å². The van der Waals surface area contributed by atoms with Crippen molar-refractivity contribution in [1.29, 1.82) is 0 Å². The Bertz CT molecular complexity index is 820. The molecule has 0 amide bonds. The Morgan fingerprint density at radius 2 is 2.28 bits per heavy atom. The van der Waals surface area contributed by atoms with Gasteiger partial charge in [-0.3, -0.25) is 9.69 Å². The van der Waals surface area contributed by atoms with Crippen LogP contribution in [0.3, 0.4) is 0 Å². The second-order valence-electron chi connectivity index (χ2n) is 5.95. The number of aliphatic hydroxyl groups excluding tert-OH is 1. The van der Waals surface area contributed by atoms with Crippen molar-refractivity contribution in [2.24, 2.45) is 0 Å². The minimum absolute atomic E-state index is 0.335. The highest BCUT2D eigenvalue weighted by molar-refractivity contribution is 7.73. The summed E-state index contributed by atoms with van der Waals surface area (Å²) >= 11 is 6.76. The number of carbonyl (C=O) groups is 1. The number of hydrogen-bond donors (Lipinski definition) is 2. The average Bonchev–Trinajstić information content (AvgIpc) is 3.12. The van der Waals surface area contributed by atoms with Crippen LogP contribution in [0.25, 0.3) is 0 Å². The molecule has 0 saturated carbocycles. The minimum atomic E-state index is -0.554. The lowest BCUT2D eigenvalue weighted by Crippen LogP contribution is -2.38. The predicted molar refractivity (Wildman–Crippen MR) is 98.5 cm³/mol. The molecule has 0 radical (unpaired) electrons. The zero-order chi connectivity index (χ0) is 18.0. The number of esters is 1. The molecule has 0 unspecified atom stereocenters. The highest BCUT2D eigenvalue weighted by Crippen LogP contribution is 2.25. The van der Waals surface area contributed by atoms with Crippen molar-refractivity contribution < 1.29 is 14.6 Å². The number of anilines is 2. The summed E-state index contributed by atoms with van der Waals surface area (Å²) in [6.45, 7) is 2.74. The number of likely N-dealkylation sites (tertiary alicyclic amines) is 1. The summed E-state index contributed by atoms with van der Waals surface area (Å²) in [5, 5.41) is 18.3. The van der Waals surface area contributed by atoms with E-state index in [-0.39, 0.29) is 5.97 Å². The van der Waals surface area contributed by atoms with E-state index in [4.69, 9.17) is 17.0 Å². The molecule has 0 bridgehead atoms. The molecule has 1 aromatic carbocycles. The maximum atomic E-state index is 11.9. The van der Waals surface area contributed by atoms with Gasteiger partial charge in [-0.1, -0.05) is 29.5 Å². The molecule has 2 atom stereocenters. The van der Waals surface area contributed by atoms with Gasteiger partial charge in [-0.2, -0.15) is 0 Å². The Balaban J connectivity index is 1.75. The second-order valence-corrected chi connectivity index (χ2v) is 7.58. The minimum Gasteiger partial charge on any atom is -0.468 e. The number of carbonyl (C=O) groups excluding carboxylic acids is 1. The van der Waals surface area contributed by atoms with Gasteiger partial charge in [0, 0.05) is 18.7 Å². The third-order valence-electron chi connectivity index (χ3n) is 4.16. The van der Waals surface area contributed by atoms with E-state index in [0.717, 1.165) is 11.3 Å². The Morgan fingerprint density at radius 1 is 1.52 bits per heavy atom. The van der Waals surface area contributed by atoms with Crippen molar-refractivity contribution in [2.45, 2.75) is 32.2 Å². The van der Waals surface area contributed by atoms with Crippen LogP contribution in [0.15, 0.2) is 24.3 Å². The van der Waals surface area contributed by atoms with Gasteiger partial charge in [0.2, 0.25) is 5.13 Å². The maximum Gasteiger partial charge on any atom is 0.323 e. The molecular weight excluding hydrogens is 360 g/mol. The van der Waals surface area contributed by atoms with Crippen LogP contribution in [-0.2, 0) is 16.2 Å². The smallest absolute Gasteiger partial charge is 0.323 e.